The number of carbonyl (C=O) groups is 1. The number of carbonyl (C=O) groups excluding carboxylic acids is 1. The van der Waals surface area contributed by atoms with E-state index in [9.17, 15) is 4.79 Å². The molecule has 0 bridgehead atoms. The molecule has 0 spiro atoms. The number of nitrogens with zero attached hydrogens (tertiary/aromatic N) is 3. The average molecular weight is 309 g/mol. The van der Waals surface area contributed by atoms with E-state index in [0.29, 0.717) is 5.76 Å². The molecule has 1 unspecified atom stereocenters. The highest BCUT2D eigenvalue weighted by atomic mass is 32.2. The number of likely N-dealkylation sites (tertiary alicyclic amines) is 1. The summed E-state index contributed by atoms with van der Waals surface area (Å²) >= 11 is 1.96. The Bertz CT molecular complexity index is 446. The van der Waals surface area contributed by atoms with Crippen molar-refractivity contribution in [3.63, 3.8) is 0 Å². The van der Waals surface area contributed by atoms with Crippen molar-refractivity contribution in [2.75, 3.05) is 37.7 Å². The lowest BCUT2D eigenvalue weighted by Crippen LogP contribution is -2.49. The lowest BCUT2D eigenvalue weighted by molar-refractivity contribution is 0.0604. The lowest BCUT2D eigenvalue weighted by atomic mass is 10.1. The quantitative estimate of drug-likeness (QED) is 0.856. The van der Waals surface area contributed by atoms with Gasteiger partial charge >= 0.3 is 0 Å². The number of piperidine rings is 1. The molecule has 2 aliphatic rings. The van der Waals surface area contributed by atoms with Crippen LogP contribution in [0, 0.1) is 0 Å². The third-order valence-corrected chi connectivity index (χ3v) is 5.46. The van der Waals surface area contributed by atoms with Gasteiger partial charge < -0.3 is 14.3 Å². The van der Waals surface area contributed by atoms with E-state index in [1.807, 2.05) is 16.7 Å². The molecule has 2 fully saturated rings. The summed E-state index contributed by atoms with van der Waals surface area (Å²) in [5.41, 5.74) is 0. The number of aromatic nitrogens is 1. The fourth-order valence-electron chi connectivity index (χ4n) is 3.16. The Hall–Kier alpha value is -1.01. The second kappa shape index (κ2) is 7.31. The largest absolute Gasteiger partial charge is 0.351 e. The highest BCUT2D eigenvalue weighted by Gasteiger charge is 2.30. The summed E-state index contributed by atoms with van der Waals surface area (Å²) in [5.74, 6) is 2.52. The van der Waals surface area contributed by atoms with Crippen LogP contribution >= 0.6 is 11.8 Å². The topological polar surface area (TPSA) is 49.6 Å². The van der Waals surface area contributed by atoms with Gasteiger partial charge in [0.05, 0.1) is 12.2 Å². The molecule has 3 heterocycles. The minimum absolute atomic E-state index is 0.00277. The van der Waals surface area contributed by atoms with Crippen molar-refractivity contribution in [3.8, 4) is 0 Å². The van der Waals surface area contributed by atoms with Gasteiger partial charge in [-0.25, -0.2) is 0 Å². The summed E-state index contributed by atoms with van der Waals surface area (Å²) in [7, 11) is 0. The zero-order valence-corrected chi connectivity index (χ0v) is 13.2. The molecule has 2 saturated heterocycles. The number of amides is 1. The van der Waals surface area contributed by atoms with Gasteiger partial charge in [-0.15, -0.1) is 0 Å². The average Bonchev–Trinajstić information content (AvgIpc) is 2.96. The van der Waals surface area contributed by atoms with Crippen LogP contribution < -0.4 is 0 Å². The number of hydrogen-bond donors (Lipinski definition) is 0. The molecule has 5 nitrogen and oxygen atoms in total. The van der Waals surface area contributed by atoms with E-state index in [1.165, 1.54) is 32.4 Å². The van der Waals surface area contributed by atoms with Crippen LogP contribution in [0.4, 0.5) is 0 Å². The van der Waals surface area contributed by atoms with Crippen molar-refractivity contribution < 1.29 is 9.32 Å². The molecule has 116 valence electrons. The molecule has 0 N–H and O–H groups in total. The molecule has 6 heteroatoms. The summed E-state index contributed by atoms with van der Waals surface area (Å²) in [4.78, 5) is 17.2. The molecule has 0 aliphatic carbocycles. The first-order valence-corrected chi connectivity index (χ1v) is 9.02. The second-order valence-corrected chi connectivity index (χ2v) is 6.97. The first-order valence-electron chi connectivity index (χ1n) is 7.86. The summed E-state index contributed by atoms with van der Waals surface area (Å²) in [6.45, 7) is 4.16. The summed E-state index contributed by atoms with van der Waals surface area (Å²) in [6.07, 6.45) is 6.52. The van der Waals surface area contributed by atoms with Gasteiger partial charge in [-0.2, -0.15) is 11.8 Å². The molecule has 0 saturated carbocycles. The molecule has 0 aromatic carbocycles. The van der Waals surface area contributed by atoms with E-state index in [2.05, 4.69) is 10.1 Å². The minimum Gasteiger partial charge on any atom is -0.351 e. The van der Waals surface area contributed by atoms with Gasteiger partial charge in [0.1, 0.15) is 0 Å². The molecule has 1 aromatic rings. The zero-order chi connectivity index (χ0) is 14.5. The van der Waals surface area contributed by atoms with Gasteiger partial charge in [0.2, 0.25) is 5.76 Å². The number of hydrogen-bond acceptors (Lipinski definition) is 5. The van der Waals surface area contributed by atoms with Crippen LogP contribution in [-0.4, -0.2) is 64.6 Å². The highest BCUT2D eigenvalue weighted by Crippen LogP contribution is 2.21. The predicted molar refractivity (Wildman–Crippen MR) is 83.6 cm³/mol. The monoisotopic (exact) mass is 309 g/mol. The molecule has 1 atom stereocenters. The summed E-state index contributed by atoms with van der Waals surface area (Å²) in [5, 5.41) is 3.66. The van der Waals surface area contributed by atoms with Crippen LogP contribution in [0.25, 0.3) is 0 Å². The molecular formula is C15H23N3O2S. The highest BCUT2D eigenvalue weighted by molar-refractivity contribution is 7.99. The van der Waals surface area contributed by atoms with Gasteiger partial charge in [-0.1, -0.05) is 11.6 Å². The maximum Gasteiger partial charge on any atom is 0.292 e. The first-order chi connectivity index (χ1) is 10.3. The van der Waals surface area contributed by atoms with Crippen LogP contribution in [0.1, 0.15) is 36.2 Å². The first kappa shape index (κ1) is 14.9. The summed E-state index contributed by atoms with van der Waals surface area (Å²) in [6, 6.07) is 1.95. The molecule has 3 rings (SSSR count). The Morgan fingerprint density at radius 1 is 1.29 bits per heavy atom. The zero-order valence-electron chi connectivity index (χ0n) is 12.4. The predicted octanol–water partition coefficient (Wildman–Crippen LogP) is 2.11. The van der Waals surface area contributed by atoms with Crippen LogP contribution in [0.2, 0.25) is 0 Å². The van der Waals surface area contributed by atoms with Crippen molar-refractivity contribution in [3.05, 3.63) is 18.0 Å². The fourth-order valence-corrected chi connectivity index (χ4v) is 4.21. The van der Waals surface area contributed by atoms with E-state index in [4.69, 9.17) is 4.52 Å². The van der Waals surface area contributed by atoms with Crippen molar-refractivity contribution >= 4 is 17.7 Å². The van der Waals surface area contributed by atoms with Gasteiger partial charge in [-0.3, -0.25) is 4.79 Å². The maximum atomic E-state index is 12.6. The molecule has 1 amide bonds. The van der Waals surface area contributed by atoms with Gasteiger partial charge in [0.25, 0.3) is 5.91 Å². The Morgan fingerprint density at radius 2 is 2.14 bits per heavy atom. The van der Waals surface area contributed by atoms with Gasteiger partial charge in [0.15, 0.2) is 0 Å². The standard InChI is InChI=1S/C15H23N3O2S/c19-15(14-5-6-16-20-14)18-9-4-10-21-12-13(18)11-17-7-2-1-3-8-17/h5-6,13H,1-4,7-12H2. The molecule has 0 radical (unpaired) electrons. The Labute approximate surface area is 130 Å². The Balaban J connectivity index is 1.69. The summed E-state index contributed by atoms with van der Waals surface area (Å²) < 4.78 is 5.07. The normalized spacial score (nSPS) is 24.8. The van der Waals surface area contributed by atoms with Crippen LogP contribution in [0.3, 0.4) is 0 Å². The van der Waals surface area contributed by atoms with Crippen molar-refractivity contribution in [1.82, 2.24) is 15.0 Å². The Kier molecular flexibility index (Phi) is 5.19. The number of rotatable bonds is 3. The van der Waals surface area contributed by atoms with Gasteiger partial charge in [0, 0.05) is 24.9 Å². The third kappa shape index (κ3) is 3.80. The maximum absolute atomic E-state index is 12.6. The molecule has 21 heavy (non-hydrogen) atoms. The van der Waals surface area contributed by atoms with Crippen LogP contribution in [0.5, 0.6) is 0 Å². The van der Waals surface area contributed by atoms with E-state index in [-0.39, 0.29) is 11.9 Å². The van der Waals surface area contributed by atoms with E-state index in [0.717, 1.165) is 31.0 Å². The van der Waals surface area contributed by atoms with E-state index >= 15 is 0 Å². The Morgan fingerprint density at radius 3 is 2.90 bits per heavy atom. The van der Waals surface area contributed by atoms with E-state index in [1.54, 1.807) is 12.3 Å². The van der Waals surface area contributed by atoms with Crippen molar-refractivity contribution in [2.45, 2.75) is 31.7 Å². The van der Waals surface area contributed by atoms with Crippen molar-refractivity contribution in [1.29, 1.82) is 0 Å². The second-order valence-electron chi connectivity index (χ2n) is 5.82. The SMILES string of the molecule is O=C(c1ccno1)N1CCCSCC1CN1CCCCC1. The van der Waals surface area contributed by atoms with Crippen molar-refractivity contribution in [2.24, 2.45) is 0 Å². The number of thioether (sulfide) groups is 1. The molecular weight excluding hydrogens is 286 g/mol. The van der Waals surface area contributed by atoms with Gasteiger partial charge in [-0.05, 0) is 38.1 Å². The molecule has 2 aliphatic heterocycles. The van der Waals surface area contributed by atoms with E-state index < -0.39 is 0 Å². The molecule has 1 aromatic heterocycles. The smallest absolute Gasteiger partial charge is 0.292 e. The van der Waals surface area contributed by atoms with Crippen LogP contribution in [0.15, 0.2) is 16.8 Å². The minimum atomic E-state index is -0.00277. The lowest BCUT2D eigenvalue weighted by Gasteiger charge is -2.35. The third-order valence-electron chi connectivity index (χ3n) is 4.27. The van der Waals surface area contributed by atoms with Crippen LogP contribution in [-0.2, 0) is 0 Å². The fraction of sp³-hybridized carbons (Fsp3) is 0.733.